The lowest BCUT2D eigenvalue weighted by molar-refractivity contribution is -0.118. The number of amides is 3. The van der Waals surface area contributed by atoms with E-state index in [4.69, 9.17) is 55.9 Å². The third-order valence-electron chi connectivity index (χ3n) is 6.90. The molecule has 0 aromatic heterocycles. The van der Waals surface area contributed by atoms with Crippen molar-refractivity contribution in [1.29, 1.82) is 0 Å². The Morgan fingerprint density at radius 1 is 0.875 bits per heavy atom. The molecule has 2 aromatic carbocycles. The van der Waals surface area contributed by atoms with Crippen LogP contribution in [0.1, 0.15) is 76.6 Å². The number of hydrogen-bond donors (Lipinski definition) is 4. The molecule has 0 bridgehead atoms. The second kappa shape index (κ2) is 17.2. The average Bonchev–Trinajstić information content (AvgIpc) is 2.91. The van der Waals surface area contributed by atoms with Gasteiger partial charge < -0.3 is 25.8 Å². The molecule has 10 nitrogen and oxygen atoms in total. The molecule has 0 spiro atoms. The van der Waals surface area contributed by atoms with Crippen LogP contribution in [0.3, 0.4) is 0 Å². The molecule has 0 aliphatic carbocycles. The minimum absolute atomic E-state index is 0.0565. The largest absolute Gasteiger partial charge is 0.511 e. The summed E-state index contributed by atoms with van der Waals surface area (Å²) in [5.74, 6) is -0.304. The molecule has 260 valence electrons. The van der Waals surface area contributed by atoms with Gasteiger partial charge in [0, 0.05) is 58.2 Å². The summed E-state index contributed by atoms with van der Waals surface area (Å²) in [6, 6.07) is 6.57. The number of nitrogens with zero attached hydrogens (tertiary/aromatic N) is 1. The molecule has 14 heteroatoms. The van der Waals surface area contributed by atoms with Crippen LogP contribution in [0.15, 0.2) is 40.8 Å². The van der Waals surface area contributed by atoms with E-state index in [2.05, 4.69) is 20.9 Å². The average molecular weight is 743 g/mol. The topological polar surface area (TPSA) is 146 Å². The molecule has 0 fully saturated rings. The number of isocyanates is 1. The molecule has 4 rings (SSSR count). The van der Waals surface area contributed by atoms with E-state index >= 15 is 0 Å². The van der Waals surface area contributed by atoms with Gasteiger partial charge in [-0.25, -0.2) is 14.6 Å². The van der Waals surface area contributed by atoms with Crippen molar-refractivity contribution in [3.8, 4) is 0 Å². The summed E-state index contributed by atoms with van der Waals surface area (Å²) in [5, 5.41) is 20.2. The Kier molecular flexibility index (Phi) is 14.6. The monoisotopic (exact) mass is 740 g/mol. The Bertz CT molecular complexity index is 1650. The van der Waals surface area contributed by atoms with Gasteiger partial charge in [-0.2, -0.15) is 0 Å². The zero-order chi connectivity index (χ0) is 36.6. The number of aliphatic hydroxyl groups excluding tert-OH is 1. The van der Waals surface area contributed by atoms with Crippen LogP contribution >= 0.6 is 46.4 Å². The second-order valence-electron chi connectivity index (χ2n) is 12.3. The quantitative estimate of drug-likeness (QED) is 0.179. The van der Waals surface area contributed by atoms with Crippen LogP contribution in [0.5, 0.6) is 0 Å². The van der Waals surface area contributed by atoms with Gasteiger partial charge in [0.25, 0.3) is 11.8 Å². The maximum Gasteiger partial charge on any atom is 0.412 e. The Morgan fingerprint density at radius 2 is 1.33 bits per heavy atom. The Labute approximate surface area is 300 Å². The molecule has 3 amide bonds. The van der Waals surface area contributed by atoms with E-state index in [1.54, 1.807) is 52.0 Å². The zero-order valence-electron chi connectivity index (χ0n) is 28.1. The van der Waals surface area contributed by atoms with Crippen LogP contribution in [0.2, 0.25) is 20.1 Å². The number of alkyl carbamates (subject to hydrolysis) is 1. The Morgan fingerprint density at radius 3 is 1.73 bits per heavy atom. The molecular formula is C34H40Cl4N4O6. The van der Waals surface area contributed by atoms with E-state index in [-0.39, 0.29) is 28.7 Å². The maximum atomic E-state index is 12.7. The molecule has 0 radical (unpaired) electrons. The third kappa shape index (κ3) is 11.0. The minimum atomic E-state index is -0.599. The van der Waals surface area contributed by atoms with Gasteiger partial charge in [0.05, 0.1) is 21.2 Å². The van der Waals surface area contributed by atoms with Crippen LogP contribution in [0.25, 0.3) is 11.1 Å². The summed E-state index contributed by atoms with van der Waals surface area (Å²) in [6.07, 6.45) is 1.53. The van der Waals surface area contributed by atoms with Crippen LogP contribution < -0.4 is 16.0 Å². The fraction of sp³-hybridized carbons (Fsp3) is 0.412. The summed E-state index contributed by atoms with van der Waals surface area (Å²) < 4.78 is 5.42. The first-order chi connectivity index (χ1) is 22.3. The van der Waals surface area contributed by atoms with Crippen LogP contribution in [0, 0.1) is 13.8 Å². The number of hydrogen-bond acceptors (Lipinski definition) is 7. The van der Waals surface area contributed by atoms with E-state index in [0.717, 1.165) is 11.1 Å². The minimum Gasteiger partial charge on any atom is -0.511 e. The Balaban J connectivity index is 0.000000298. The number of rotatable bonds is 5. The van der Waals surface area contributed by atoms with E-state index in [1.807, 2.05) is 27.7 Å². The number of carbonyl (C=O) groups excluding carboxylic acids is 4. The predicted octanol–water partition coefficient (Wildman–Crippen LogP) is 8.27. The molecule has 0 saturated carbocycles. The normalized spacial score (nSPS) is 16.2. The first-order valence-electron chi connectivity index (χ1n) is 15.0. The molecule has 48 heavy (non-hydrogen) atoms. The lowest BCUT2D eigenvalue weighted by atomic mass is 9.88. The summed E-state index contributed by atoms with van der Waals surface area (Å²) in [4.78, 5) is 49.0. The number of aliphatic imine (C=N–C) groups is 1. The maximum absolute atomic E-state index is 12.7. The number of carbonyl (C=O) groups is 3. The van der Waals surface area contributed by atoms with E-state index in [1.165, 1.54) is 6.08 Å². The van der Waals surface area contributed by atoms with Crippen molar-refractivity contribution in [2.75, 3.05) is 13.1 Å². The highest BCUT2D eigenvalue weighted by Crippen LogP contribution is 2.38. The highest BCUT2D eigenvalue weighted by Gasteiger charge is 2.37. The van der Waals surface area contributed by atoms with Gasteiger partial charge in [-0.05, 0) is 90.8 Å². The summed E-state index contributed by atoms with van der Waals surface area (Å²) in [5.41, 5.74) is 2.05. The molecular weight excluding hydrogens is 702 g/mol. The van der Waals surface area contributed by atoms with E-state index in [9.17, 15) is 19.5 Å². The van der Waals surface area contributed by atoms with E-state index < -0.39 is 17.2 Å². The highest BCUT2D eigenvalue weighted by molar-refractivity contribution is 6.38. The second-order valence-corrected chi connectivity index (χ2v) is 14.0. The zero-order valence-corrected chi connectivity index (χ0v) is 31.1. The number of nitrogens with one attached hydrogen (secondary N) is 3. The Hall–Kier alpha value is -3.53. The standard InChI is InChI=1S/C17H20Cl2N2O3.C14H15Cl2NO2.C3H5NO/c1-5-20-16(23)24-12-8-17(3,4)21-15(22)14(12)13-9(2)6-10(18)7-11(13)19;1-7-4-8(15)5-9(16)11(7)12-10(18)6-14(2,3)17-13(12)19;1-2-4-3-5/h6-7H,5,8H2,1-4H3,(H,20,23)(H,21,22);4-5,18H,6H2,1-3H3,(H,17,19);2H2,1H3. The van der Waals surface area contributed by atoms with Crippen LogP contribution in [-0.4, -0.2) is 53.3 Å². The summed E-state index contributed by atoms with van der Waals surface area (Å²) in [7, 11) is 0. The van der Waals surface area contributed by atoms with Gasteiger partial charge in [-0.3, -0.25) is 9.59 Å². The number of ether oxygens (including phenoxy) is 1. The van der Waals surface area contributed by atoms with Crippen molar-refractivity contribution in [3.05, 3.63) is 78.1 Å². The first kappa shape index (κ1) is 40.6. The molecule has 2 aromatic rings. The van der Waals surface area contributed by atoms with Crippen molar-refractivity contribution in [2.45, 2.75) is 79.3 Å². The molecule has 2 heterocycles. The fourth-order valence-electron chi connectivity index (χ4n) is 5.07. The van der Waals surface area contributed by atoms with Crippen molar-refractivity contribution < 1.29 is 29.0 Å². The fourth-order valence-corrected chi connectivity index (χ4v) is 6.45. The van der Waals surface area contributed by atoms with Crippen LogP contribution in [0.4, 0.5) is 4.79 Å². The SMILES string of the molecule is CCN=C=O.CCNC(=O)OC1=C(c2c(C)cc(Cl)cc2Cl)C(=O)NC(C)(C)C1.Cc1cc(Cl)cc(Cl)c1C1=C(O)CC(C)(C)NC1=O. The predicted molar refractivity (Wildman–Crippen MR) is 191 cm³/mol. The molecule has 2 aliphatic rings. The van der Waals surface area contributed by atoms with Gasteiger partial charge in [0.1, 0.15) is 11.5 Å². The molecule has 2 aliphatic heterocycles. The third-order valence-corrected chi connectivity index (χ3v) is 7.93. The smallest absolute Gasteiger partial charge is 0.412 e. The number of halogens is 4. The van der Waals surface area contributed by atoms with Gasteiger partial charge in [0.15, 0.2) is 0 Å². The summed E-state index contributed by atoms with van der Waals surface area (Å²) >= 11 is 24.4. The van der Waals surface area contributed by atoms with Crippen molar-refractivity contribution in [3.63, 3.8) is 0 Å². The number of aryl methyl sites for hydroxylation is 2. The van der Waals surface area contributed by atoms with Crippen molar-refractivity contribution in [1.82, 2.24) is 16.0 Å². The number of benzene rings is 2. The van der Waals surface area contributed by atoms with Gasteiger partial charge in [-0.1, -0.05) is 46.4 Å². The highest BCUT2D eigenvalue weighted by atomic mass is 35.5. The van der Waals surface area contributed by atoms with Crippen molar-refractivity contribution >= 4 is 81.5 Å². The van der Waals surface area contributed by atoms with E-state index in [0.29, 0.717) is 62.9 Å². The molecule has 0 saturated heterocycles. The lowest BCUT2D eigenvalue weighted by Crippen LogP contribution is -2.48. The van der Waals surface area contributed by atoms with Gasteiger partial charge >= 0.3 is 6.09 Å². The molecule has 0 unspecified atom stereocenters. The lowest BCUT2D eigenvalue weighted by Gasteiger charge is -2.33. The van der Waals surface area contributed by atoms with Crippen molar-refractivity contribution in [2.24, 2.45) is 4.99 Å². The number of aliphatic hydroxyl groups is 1. The molecule has 4 N–H and O–H groups in total. The first-order valence-corrected chi connectivity index (χ1v) is 16.5. The summed E-state index contributed by atoms with van der Waals surface area (Å²) in [6.45, 7) is 15.6. The van der Waals surface area contributed by atoms with Gasteiger partial charge in [0.2, 0.25) is 6.08 Å². The van der Waals surface area contributed by atoms with Crippen LogP contribution in [-0.2, 0) is 19.1 Å². The van der Waals surface area contributed by atoms with Gasteiger partial charge in [-0.15, -0.1) is 0 Å². The molecule has 0 atom stereocenters.